The number of hydrogen-bond donors (Lipinski definition) is 0. The average Bonchev–Trinajstić information content (AvgIpc) is 3.29. The molecule has 0 aromatic heterocycles. The van der Waals surface area contributed by atoms with Gasteiger partial charge in [-0.1, -0.05) is 134 Å². The second-order valence-electron chi connectivity index (χ2n) is 19.5. The molecule has 0 spiro atoms. The predicted molar refractivity (Wildman–Crippen MR) is 295 cm³/mol. The number of nitrogens with zero attached hydrogens (tertiary/aromatic N) is 3. The first-order valence-corrected chi connectivity index (χ1v) is 24.0. The highest BCUT2D eigenvalue weighted by molar-refractivity contribution is 14.1. The number of halogens is 2. The maximum atomic E-state index is 10.0. The van der Waals surface area contributed by atoms with E-state index in [2.05, 4.69) is 228 Å². The molecule has 6 aromatic rings. The van der Waals surface area contributed by atoms with E-state index in [4.69, 9.17) is 0 Å². The van der Waals surface area contributed by atoms with Crippen molar-refractivity contribution in [3.05, 3.63) is 214 Å². The van der Waals surface area contributed by atoms with Crippen LogP contribution in [0.4, 0.5) is 0 Å². The van der Waals surface area contributed by atoms with E-state index in [0.29, 0.717) is 38.9 Å². The molecule has 0 aliphatic rings. The van der Waals surface area contributed by atoms with E-state index >= 15 is 0 Å². The maximum absolute atomic E-state index is 10.0. The first-order valence-electron chi connectivity index (χ1n) is 21.8. The Morgan fingerprint density at radius 3 is 0.809 bits per heavy atom. The van der Waals surface area contributed by atoms with Gasteiger partial charge in [0.15, 0.2) is 0 Å². The van der Waals surface area contributed by atoms with Gasteiger partial charge in [-0.2, -0.15) is 15.8 Å². The molecule has 0 saturated heterocycles. The van der Waals surface area contributed by atoms with Gasteiger partial charge in [-0.3, -0.25) is 0 Å². The van der Waals surface area contributed by atoms with Gasteiger partial charge in [0.1, 0.15) is 0 Å². The summed E-state index contributed by atoms with van der Waals surface area (Å²) < 4.78 is 1.90. The number of rotatable bonds is 1. The summed E-state index contributed by atoms with van der Waals surface area (Å²) in [5, 5.41) is 29.4. The number of hydrogen-bond acceptors (Lipinski definition) is 3. The molecule has 0 aliphatic heterocycles. The Morgan fingerprint density at radius 1 is 0.338 bits per heavy atom. The molecular weight excluding hydrogens is 1050 g/mol. The molecule has 0 aliphatic carbocycles. The van der Waals surface area contributed by atoms with Gasteiger partial charge < -0.3 is 0 Å². The van der Waals surface area contributed by atoms with Crippen molar-refractivity contribution in [2.75, 3.05) is 0 Å². The monoisotopic (exact) mass is 1100 g/mol. The Hall–Kier alpha value is -7.21. The van der Waals surface area contributed by atoms with Crippen molar-refractivity contribution in [1.29, 1.82) is 15.8 Å². The van der Waals surface area contributed by atoms with Crippen LogP contribution < -0.4 is 0 Å². The molecule has 0 bridgehead atoms. The molecule has 0 unspecified atom stereocenters. The van der Waals surface area contributed by atoms with E-state index in [1.165, 1.54) is 5.56 Å². The molecule has 68 heavy (non-hydrogen) atoms. The highest BCUT2D eigenvalue weighted by Gasteiger charge is 2.17. The molecule has 0 N–H and O–H groups in total. The summed E-state index contributed by atoms with van der Waals surface area (Å²) >= 11 is 4.44. The number of benzene rings is 6. The molecule has 0 saturated carbocycles. The van der Waals surface area contributed by atoms with Crippen molar-refractivity contribution in [1.82, 2.24) is 0 Å². The van der Waals surface area contributed by atoms with Crippen LogP contribution in [0, 0.1) is 96.8 Å². The zero-order valence-electron chi connectivity index (χ0n) is 39.7. The minimum atomic E-state index is -0.189. The van der Waals surface area contributed by atoms with Crippen LogP contribution in [0.15, 0.2) is 116 Å². The van der Waals surface area contributed by atoms with Crippen molar-refractivity contribution < 1.29 is 0 Å². The van der Waals surface area contributed by atoms with E-state index in [9.17, 15) is 15.8 Å². The summed E-state index contributed by atoms with van der Waals surface area (Å²) in [7, 11) is 0. The molecular formula is C63H47I2N3. The predicted octanol–water partition coefficient (Wildman–Crippen LogP) is 14.2. The second-order valence-corrected chi connectivity index (χ2v) is 22.0. The van der Waals surface area contributed by atoms with E-state index in [0.717, 1.165) is 57.2 Å². The summed E-state index contributed by atoms with van der Waals surface area (Å²) in [6, 6.07) is 41.8. The van der Waals surface area contributed by atoms with Gasteiger partial charge in [-0.15, -0.1) is 0 Å². The Bertz CT molecular complexity index is 3500. The molecule has 0 fully saturated rings. The first kappa shape index (κ1) is 50.2. The van der Waals surface area contributed by atoms with Crippen LogP contribution in [-0.4, -0.2) is 0 Å². The third kappa shape index (κ3) is 14.2. The summed E-state index contributed by atoms with van der Waals surface area (Å²) in [5.41, 5.74) is 13.0. The molecule has 5 heteroatoms. The fourth-order valence-electron chi connectivity index (χ4n) is 6.82. The fourth-order valence-corrected chi connectivity index (χ4v) is 7.80. The lowest BCUT2D eigenvalue weighted by Crippen LogP contribution is -2.11. The van der Waals surface area contributed by atoms with Crippen molar-refractivity contribution in [3.63, 3.8) is 0 Å². The largest absolute Gasteiger partial charge is 0.192 e. The summed E-state index contributed by atoms with van der Waals surface area (Å²) in [5.74, 6) is 33.0. The van der Waals surface area contributed by atoms with Crippen molar-refractivity contribution in [2.24, 2.45) is 0 Å². The van der Waals surface area contributed by atoms with Crippen molar-refractivity contribution in [2.45, 2.75) is 78.6 Å². The lowest BCUT2D eigenvalue weighted by Gasteiger charge is -2.20. The Balaban J connectivity index is 1.33. The Kier molecular flexibility index (Phi) is 15.6. The molecule has 0 amide bonds. The van der Waals surface area contributed by atoms with Crippen LogP contribution in [0.2, 0.25) is 0 Å². The van der Waals surface area contributed by atoms with E-state index in [1.807, 2.05) is 42.5 Å². The van der Waals surface area contributed by atoms with Gasteiger partial charge in [-0.25, -0.2) is 0 Å². The molecule has 0 heterocycles. The first-order chi connectivity index (χ1) is 32.1. The topological polar surface area (TPSA) is 71.4 Å². The lowest BCUT2D eigenvalue weighted by atomic mass is 9.85. The molecule has 328 valence electrons. The van der Waals surface area contributed by atoms with Crippen molar-refractivity contribution >= 4 is 48.8 Å². The summed E-state index contributed by atoms with van der Waals surface area (Å²) in [6.45, 7) is 23.6. The van der Waals surface area contributed by atoms with E-state index in [-0.39, 0.29) is 16.2 Å². The molecule has 0 atom stereocenters. The normalized spacial score (nSPS) is 10.6. The van der Waals surface area contributed by atoms with Gasteiger partial charge in [0.25, 0.3) is 0 Å². The summed E-state index contributed by atoms with van der Waals surface area (Å²) in [6.07, 6.45) is 0. The molecule has 0 radical (unpaired) electrons. The second kappa shape index (κ2) is 21.2. The van der Waals surface area contributed by atoms with Gasteiger partial charge in [0, 0.05) is 62.8 Å². The van der Waals surface area contributed by atoms with Gasteiger partial charge in [0.05, 0.1) is 34.9 Å². The van der Waals surface area contributed by atoms with E-state index < -0.39 is 0 Å². The molecule has 6 rings (SSSR count). The van der Waals surface area contributed by atoms with Crippen LogP contribution in [0.5, 0.6) is 0 Å². The fraction of sp³-hybridized carbons (Fsp3) is 0.190. The average molecular weight is 1100 g/mol. The quantitative estimate of drug-likeness (QED) is 0.122. The van der Waals surface area contributed by atoms with Crippen molar-refractivity contribution in [3.8, 4) is 77.4 Å². The maximum Gasteiger partial charge on any atom is 0.0992 e. The minimum absolute atomic E-state index is 0.0577. The van der Waals surface area contributed by atoms with Gasteiger partial charge in [-0.05, 0) is 187 Å². The zero-order chi connectivity index (χ0) is 49.4. The van der Waals surface area contributed by atoms with Gasteiger partial charge >= 0.3 is 0 Å². The highest BCUT2D eigenvalue weighted by Crippen LogP contribution is 2.30. The van der Waals surface area contributed by atoms with Crippen LogP contribution in [0.3, 0.4) is 0 Å². The van der Waals surface area contributed by atoms with E-state index in [1.54, 1.807) is 30.3 Å². The number of nitriles is 3. The zero-order valence-corrected chi connectivity index (χ0v) is 44.0. The third-order valence-corrected chi connectivity index (χ3v) is 11.9. The molecule has 3 nitrogen and oxygen atoms in total. The van der Waals surface area contributed by atoms with Crippen LogP contribution in [0.1, 0.15) is 157 Å². The van der Waals surface area contributed by atoms with Crippen LogP contribution >= 0.6 is 45.2 Å². The van der Waals surface area contributed by atoms with Crippen LogP contribution in [0.25, 0.3) is 3.58 Å². The SMILES string of the molecule is C=C(I)c1cc(C#Cc2cc(C#N)cc(C#Cc3cc(C#Cc4cc(C#N)cc(C#Cc5cc(C#Cc6cc(I)cc(C#N)c6)cc(C(C)(C)C)c5)c4)cc(C(C)(C)C)c3)c2)cc(C(C)(C)C)c1. The molecule has 6 aromatic carbocycles. The smallest absolute Gasteiger partial charge is 0.0992 e. The lowest BCUT2D eigenvalue weighted by molar-refractivity contribution is 0.589. The Labute approximate surface area is 431 Å². The van der Waals surface area contributed by atoms with Gasteiger partial charge in [0.2, 0.25) is 0 Å². The third-order valence-electron chi connectivity index (χ3n) is 10.6. The summed E-state index contributed by atoms with van der Waals surface area (Å²) in [4.78, 5) is 0. The van der Waals surface area contributed by atoms with Crippen LogP contribution in [-0.2, 0) is 16.2 Å². The highest BCUT2D eigenvalue weighted by atomic mass is 127. The Morgan fingerprint density at radius 2 is 0.544 bits per heavy atom. The minimum Gasteiger partial charge on any atom is -0.192 e. The standard InChI is InChI=1S/C63H47I2N3/c1-42(64)56-30-52(35-59(38-56)63(8,9)10)20-14-46-22-45(27-54(28-46)40-67)13-16-48-23-47(31-57(32-48)61(2,3)4)15-11-43-21-44(26-53(25-43)39-66)12-17-49-24-50(34-58(33-49)62(5,6)7)18-19-51-29-55(41-68)37-60(65)36-51/h21-38H,1H2,2-10H3.